The molecule has 0 aliphatic heterocycles. The van der Waals surface area contributed by atoms with Gasteiger partial charge in [-0.3, -0.25) is 0 Å². The van der Waals surface area contributed by atoms with Crippen molar-refractivity contribution in [3.8, 4) is 0 Å². The highest BCUT2D eigenvalue weighted by molar-refractivity contribution is 5.28. The van der Waals surface area contributed by atoms with Crippen molar-refractivity contribution < 1.29 is 4.11 Å². The maximum atomic E-state index is 6.98. The van der Waals surface area contributed by atoms with E-state index in [1.165, 1.54) is 6.07 Å². The Balaban J connectivity index is 3.06. The average Bonchev–Trinajstić information content (AvgIpc) is 1.86. The summed E-state index contributed by atoms with van der Waals surface area (Å²) in [5.41, 5.74) is 5.33. The smallest absolute Gasteiger partial charge is 0.123 e. The Hall–Kier alpha value is -1.05. The van der Waals surface area contributed by atoms with E-state index in [1.54, 1.807) is 12.1 Å². The first-order chi connectivity index (χ1) is 5.00. The van der Waals surface area contributed by atoms with Crippen LogP contribution < -0.4 is 5.73 Å². The Bertz CT molecular complexity index is 256. The molecule has 0 aliphatic rings. The number of nitrogens with two attached hydrogens (primary N) is 1. The Labute approximate surface area is 52.6 Å². The number of nitrogens with zero attached hydrogens (tertiary/aromatic N) is 1. The zero-order chi connectivity index (χ0) is 8.48. The van der Waals surface area contributed by atoms with Gasteiger partial charge in [0.2, 0.25) is 0 Å². The lowest BCUT2D eigenvalue weighted by atomic mass is 10.4. The summed E-state index contributed by atoms with van der Waals surface area (Å²) in [6, 6.07) is 4.56. The first-order valence-electron chi connectivity index (χ1n) is 3.73. The Kier molecular flexibility index (Phi) is 0.565. The van der Waals surface area contributed by atoms with Crippen LogP contribution in [0.2, 0.25) is 0 Å². The predicted octanol–water partition coefficient (Wildman–Crippen LogP) is 0.972. The highest BCUT2D eigenvalue weighted by Crippen LogP contribution is 1.96. The molecule has 2 heteroatoms. The van der Waals surface area contributed by atoms with E-state index in [4.69, 9.17) is 9.85 Å². The molecule has 0 radical (unpaired) electrons. The van der Waals surface area contributed by atoms with E-state index in [1.807, 2.05) is 0 Å². The summed E-state index contributed by atoms with van der Waals surface area (Å²) < 4.78 is 21.0. The lowest BCUT2D eigenvalue weighted by Crippen LogP contribution is -1.89. The van der Waals surface area contributed by atoms with Gasteiger partial charge in [-0.2, -0.15) is 0 Å². The van der Waals surface area contributed by atoms with Crippen molar-refractivity contribution >= 4 is 5.82 Å². The third kappa shape index (κ3) is 0.964. The third-order valence-corrected chi connectivity index (χ3v) is 0.771. The van der Waals surface area contributed by atoms with Gasteiger partial charge in [-0.25, -0.2) is 4.98 Å². The van der Waals surface area contributed by atoms with Crippen molar-refractivity contribution in [1.29, 1.82) is 0 Å². The van der Waals surface area contributed by atoms with Crippen LogP contribution in [0.4, 0.5) is 5.82 Å². The molecule has 0 aliphatic carbocycles. The molecule has 0 bridgehead atoms. The van der Waals surface area contributed by atoms with Crippen LogP contribution in [0.5, 0.6) is 0 Å². The molecule has 8 heavy (non-hydrogen) atoms. The molecule has 0 spiro atoms. The lowest BCUT2D eigenvalue weighted by molar-refractivity contribution is 1.21. The average molecular weight is 111 g/mol. The molecular formula is C6H8N2. The SMILES string of the molecule is [2H]C([2H])([2H])c1cccc(N)n1. The van der Waals surface area contributed by atoms with Crippen LogP contribution in [0.15, 0.2) is 18.2 Å². The number of aryl methyl sites for hydroxylation is 1. The van der Waals surface area contributed by atoms with Gasteiger partial charge in [-0.05, 0) is 19.0 Å². The van der Waals surface area contributed by atoms with Gasteiger partial charge in [0.15, 0.2) is 0 Å². The largest absolute Gasteiger partial charge is 0.384 e. The van der Waals surface area contributed by atoms with Gasteiger partial charge in [0, 0.05) is 9.81 Å². The van der Waals surface area contributed by atoms with E-state index in [0.717, 1.165) is 0 Å². The monoisotopic (exact) mass is 111 g/mol. The second kappa shape index (κ2) is 1.82. The molecule has 0 atom stereocenters. The molecule has 0 amide bonds. The van der Waals surface area contributed by atoms with Crippen LogP contribution in [0.1, 0.15) is 9.81 Å². The van der Waals surface area contributed by atoms with Crippen LogP contribution in [0, 0.1) is 6.85 Å². The maximum absolute atomic E-state index is 6.98. The zero-order valence-corrected chi connectivity index (χ0v) is 4.26. The molecule has 0 aromatic carbocycles. The summed E-state index contributed by atoms with van der Waals surface area (Å²) in [5.74, 6) is 0.235. The summed E-state index contributed by atoms with van der Waals surface area (Å²) in [4.78, 5) is 3.66. The second-order valence-electron chi connectivity index (χ2n) is 1.45. The van der Waals surface area contributed by atoms with Crippen molar-refractivity contribution in [2.24, 2.45) is 0 Å². The minimum absolute atomic E-state index is 0.0394. The standard InChI is InChI=1S/C6H8N2/c1-5-3-2-4-6(7)8-5/h2-4H,1H3,(H2,7,8)/i1D3. The minimum Gasteiger partial charge on any atom is -0.384 e. The number of hydrogen-bond acceptors (Lipinski definition) is 2. The topological polar surface area (TPSA) is 38.9 Å². The van der Waals surface area contributed by atoms with Gasteiger partial charge in [0.25, 0.3) is 0 Å². The predicted molar refractivity (Wildman–Crippen MR) is 33.4 cm³/mol. The normalized spacial score (nSPS) is 16.2. The molecule has 42 valence electrons. The van der Waals surface area contributed by atoms with Crippen molar-refractivity contribution in [2.75, 3.05) is 5.73 Å². The molecule has 1 rings (SSSR count). The van der Waals surface area contributed by atoms with E-state index < -0.39 is 6.85 Å². The van der Waals surface area contributed by atoms with E-state index >= 15 is 0 Å². The van der Waals surface area contributed by atoms with E-state index in [9.17, 15) is 0 Å². The molecule has 2 N–H and O–H groups in total. The highest BCUT2D eigenvalue weighted by Gasteiger charge is 1.82. The third-order valence-electron chi connectivity index (χ3n) is 0.771. The van der Waals surface area contributed by atoms with Gasteiger partial charge < -0.3 is 5.73 Å². The Morgan fingerprint density at radius 1 is 1.75 bits per heavy atom. The fourth-order valence-corrected chi connectivity index (χ4v) is 0.451. The first kappa shape index (κ1) is 2.49. The van der Waals surface area contributed by atoms with Gasteiger partial charge in [-0.1, -0.05) is 6.07 Å². The maximum Gasteiger partial charge on any atom is 0.123 e. The molecule has 1 aromatic heterocycles. The lowest BCUT2D eigenvalue weighted by Gasteiger charge is -1.90. The second-order valence-corrected chi connectivity index (χ2v) is 1.45. The summed E-state index contributed by atoms with van der Waals surface area (Å²) in [6.07, 6.45) is 0. The van der Waals surface area contributed by atoms with E-state index in [0.29, 0.717) is 0 Å². The van der Waals surface area contributed by atoms with Crippen LogP contribution in [0.25, 0.3) is 0 Å². The number of rotatable bonds is 0. The molecule has 1 heterocycles. The Morgan fingerprint density at radius 2 is 2.62 bits per heavy atom. The molecule has 0 fully saturated rings. The number of nitrogen functional groups attached to an aromatic ring is 1. The van der Waals surface area contributed by atoms with Crippen molar-refractivity contribution in [3.05, 3.63) is 23.9 Å². The van der Waals surface area contributed by atoms with Crippen molar-refractivity contribution in [2.45, 2.75) is 6.85 Å². The number of pyridine rings is 1. The zero-order valence-electron chi connectivity index (χ0n) is 7.26. The van der Waals surface area contributed by atoms with Gasteiger partial charge in [0.1, 0.15) is 5.82 Å². The van der Waals surface area contributed by atoms with Gasteiger partial charge in [-0.15, -0.1) is 0 Å². The van der Waals surface area contributed by atoms with Gasteiger partial charge in [0.05, 0.1) is 0 Å². The molecule has 2 nitrogen and oxygen atoms in total. The molecular weight excluding hydrogens is 100 g/mol. The molecule has 0 saturated heterocycles. The summed E-state index contributed by atoms with van der Waals surface area (Å²) in [5, 5.41) is 0. The summed E-state index contributed by atoms with van der Waals surface area (Å²) in [7, 11) is 0. The van der Waals surface area contributed by atoms with Gasteiger partial charge >= 0.3 is 0 Å². The van der Waals surface area contributed by atoms with E-state index in [2.05, 4.69) is 4.98 Å². The van der Waals surface area contributed by atoms with Crippen LogP contribution in [0.3, 0.4) is 0 Å². The van der Waals surface area contributed by atoms with Crippen molar-refractivity contribution in [3.63, 3.8) is 0 Å². The van der Waals surface area contributed by atoms with E-state index in [-0.39, 0.29) is 11.5 Å². The first-order valence-corrected chi connectivity index (χ1v) is 2.23. The molecule has 0 unspecified atom stereocenters. The summed E-state index contributed by atoms with van der Waals surface area (Å²) >= 11 is 0. The number of anilines is 1. The minimum atomic E-state index is -2.16. The van der Waals surface area contributed by atoms with Crippen LogP contribution in [-0.2, 0) is 0 Å². The number of hydrogen-bond donors (Lipinski definition) is 1. The highest BCUT2D eigenvalue weighted by atomic mass is 14.8. The fourth-order valence-electron chi connectivity index (χ4n) is 0.451. The molecule has 0 saturated carbocycles. The quantitative estimate of drug-likeness (QED) is 0.541. The Morgan fingerprint density at radius 3 is 3.12 bits per heavy atom. The van der Waals surface area contributed by atoms with Crippen LogP contribution in [-0.4, -0.2) is 4.98 Å². The molecule has 1 aromatic rings. The van der Waals surface area contributed by atoms with Crippen molar-refractivity contribution in [1.82, 2.24) is 4.98 Å². The number of aromatic nitrogens is 1. The fraction of sp³-hybridized carbons (Fsp3) is 0.167. The van der Waals surface area contributed by atoms with Crippen LogP contribution >= 0.6 is 0 Å². The summed E-state index contributed by atoms with van der Waals surface area (Å²) in [6.45, 7) is -2.16.